The third-order valence-electron chi connectivity index (χ3n) is 2.64. The zero-order valence-electron chi connectivity index (χ0n) is 10.4. The van der Waals surface area contributed by atoms with E-state index in [2.05, 4.69) is 25.2 Å². The SMILES string of the molecule is FC(F)(F)COc1ccc(-c2ccc3nnnn3c2)cn1. The van der Waals surface area contributed by atoms with Crippen LogP contribution in [0.5, 0.6) is 5.88 Å². The van der Waals surface area contributed by atoms with Crippen molar-refractivity contribution in [3.8, 4) is 17.0 Å². The van der Waals surface area contributed by atoms with Crippen LogP contribution in [0.15, 0.2) is 36.7 Å². The van der Waals surface area contributed by atoms with Crippen LogP contribution in [0.3, 0.4) is 0 Å². The van der Waals surface area contributed by atoms with E-state index >= 15 is 0 Å². The number of pyridine rings is 2. The topological polar surface area (TPSA) is 65.2 Å². The van der Waals surface area contributed by atoms with Gasteiger partial charge in [-0.25, -0.2) is 9.50 Å². The van der Waals surface area contributed by atoms with Gasteiger partial charge >= 0.3 is 6.18 Å². The van der Waals surface area contributed by atoms with Crippen LogP contribution in [0.2, 0.25) is 0 Å². The van der Waals surface area contributed by atoms with Gasteiger partial charge in [0, 0.05) is 29.6 Å². The quantitative estimate of drug-likeness (QED) is 0.740. The van der Waals surface area contributed by atoms with Crippen LogP contribution in [-0.4, -0.2) is 37.8 Å². The van der Waals surface area contributed by atoms with E-state index in [1.807, 2.05) is 0 Å². The molecule has 0 N–H and O–H groups in total. The molecule has 0 saturated carbocycles. The molecule has 0 saturated heterocycles. The Morgan fingerprint density at radius 2 is 1.90 bits per heavy atom. The molecule has 3 rings (SSSR count). The predicted molar refractivity (Wildman–Crippen MR) is 65.6 cm³/mol. The van der Waals surface area contributed by atoms with Crippen molar-refractivity contribution in [1.29, 1.82) is 0 Å². The standard InChI is InChI=1S/C12H8F3N5O/c13-12(14,15)7-21-11-4-2-8(5-16-11)9-1-3-10-17-18-19-20(10)6-9/h1-6H,7H2. The maximum absolute atomic E-state index is 12.0. The van der Waals surface area contributed by atoms with Crippen LogP contribution in [-0.2, 0) is 0 Å². The van der Waals surface area contributed by atoms with Crippen LogP contribution in [0, 0.1) is 0 Å². The van der Waals surface area contributed by atoms with Crippen LogP contribution in [0.25, 0.3) is 16.8 Å². The van der Waals surface area contributed by atoms with Gasteiger partial charge in [-0.3, -0.25) is 0 Å². The number of hydrogen-bond acceptors (Lipinski definition) is 5. The molecule has 0 aliphatic carbocycles. The number of tetrazole rings is 1. The van der Waals surface area contributed by atoms with Gasteiger partial charge in [0.05, 0.1) is 0 Å². The molecule has 0 aromatic carbocycles. The Bertz CT molecular complexity index is 753. The number of hydrogen-bond donors (Lipinski definition) is 0. The van der Waals surface area contributed by atoms with E-state index in [1.54, 1.807) is 24.4 Å². The molecule has 0 fully saturated rings. The fourth-order valence-electron chi connectivity index (χ4n) is 1.70. The van der Waals surface area contributed by atoms with E-state index in [1.165, 1.54) is 16.8 Å². The van der Waals surface area contributed by atoms with Crippen molar-refractivity contribution < 1.29 is 17.9 Å². The molecule has 21 heavy (non-hydrogen) atoms. The zero-order chi connectivity index (χ0) is 14.9. The summed E-state index contributed by atoms with van der Waals surface area (Å²) in [5, 5.41) is 11.1. The first kappa shape index (κ1) is 13.3. The highest BCUT2D eigenvalue weighted by molar-refractivity contribution is 5.63. The first-order valence-electron chi connectivity index (χ1n) is 5.85. The molecule has 0 aliphatic heterocycles. The van der Waals surface area contributed by atoms with Gasteiger partial charge in [0.15, 0.2) is 12.3 Å². The van der Waals surface area contributed by atoms with Crippen LogP contribution in [0.1, 0.15) is 0 Å². The maximum atomic E-state index is 12.0. The second-order valence-corrected chi connectivity index (χ2v) is 4.19. The lowest BCUT2D eigenvalue weighted by molar-refractivity contribution is -0.154. The molecule has 0 spiro atoms. The van der Waals surface area contributed by atoms with Gasteiger partial charge < -0.3 is 4.74 Å². The molecule has 0 aliphatic rings. The zero-order valence-corrected chi connectivity index (χ0v) is 10.4. The average molecular weight is 295 g/mol. The third-order valence-corrected chi connectivity index (χ3v) is 2.64. The van der Waals surface area contributed by atoms with Crippen molar-refractivity contribution in [3.05, 3.63) is 36.7 Å². The number of fused-ring (bicyclic) bond motifs is 1. The number of nitrogens with zero attached hydrogens (tertiary/aromatic N) is 5. The molecule has 108 valence electrons. The Hall–Kier alpha value is -2.71. The Kier molecular flexibility index (Phi) is 3.16. The summed E-state index contributed by atoms with van der Waals surface area (Å²) in [7, 11) is 0. The number of ether oxygens (including phenoxy) is 1. The summed E-state index contributed by atoms with van der Waals surface area (Å²) in [4.78, 5) is 3.84. The van der Waals surface area contributed by atoms with E-state index in [4.69, 9.17) is 0 Å². The minimum absolute atomic E-state index is 0.0837. The highest BCUT2D eigenvalue weighted by atomic mass is 19.4. The van der Waals surface area contributed by atoms with Gasteiger partial charge in [-0.05, 0) is 28.6 Å². The summed E-state index contributed by atoms with van der Waals surface area (Å²) in [5.74, 6) is -0.0837. The first-order valence-corrected chi connectivity index (χ1v) is 5.85. The molecule has 0 amide bonds. The van der Waals surface area contributed by atoms with Crippen molar-refractivity contribution >= 4 is 5.65 Å². The summed E-state index contributed by atoms with van der Waals surface area (Å²) in [6.45, 7) is -1.37. The molecule has 6 nitrogen and oxygen atoms in total. The van der Waals surface area contributed by atoms with Gasteiger partial charge in [0.25, 0.3) is 0 Å². The molecule has 3 aromatic heterocycles. The van der Waals surface area contributed by atoms with E-state index in [9.17, 15) is 13.2 Å². The van der Waals surface area contributed by atoms with Gasteiger partial charge in [-0.1, -0.05) is 0 Å². The van der Waals surface area contributed by atoms with Gasteiger partial charge in [0.2, 0.25) is 5.88 Å². The maximum Gasteiger partial charge on any atom is 0.422 e. The minimum atomic E-state index is -4.38. The number of alkyl halides is 3. The van der Waals surface area contributed by atoms with E-state index in [0.717, 1.165) is 5.56 Å². The third kappa shape index (κ3) is 3.07. The van der Waals surface area contributed by atoms with Crippen LogP contribution in [0.4, 0.5) is 13.2 Å². The molecule has 0 atom stereocenters. The fraction of sp³-hybridized carbons (Fsp3) is 0.167. The molecule has 0 bridgehead atoms. The van der Waals surface area contributed by atoms with Gasteiger partial charge in [-0.2, -0.15) is 13.2 Å². The smallest absolute Gasteiger partial charge is 0.422 e. The van der Waals surface area contributed by atoms with Crippen LogP contribution >= 0.6 is 0 Å². The summed E-state index contributed by atoms with van der Waals surface area (Å²) in [5.41, 5.74) is 2.09. The highest BCUT2D eigenvalue weighted by Crippen LogP contribution is 2.21. The second-order valence-electron chi connectivity index (χ2n) is 4.19. The fourth-order valence-corrected chi connectivity index (χ4v) is 1.70. The van der Waals surface area contributed by atoms with E-state index < -0.39 is 12.8 Å². The molecule has 3 aromatic rings. The van der Waals surface area contributed by atoms with Crippen LogP contribution < -0.4 is 4.74 Å². The van der Waals surface area contributed by atoms with Crippen molar-refractivity contribution in [2.75, 3.05) is 6.61 Å². The first-order chi connectivity index (χ1) is 10.0. The van der Waals surface area contributed by atoms with Gasteiger partial charge in [0.1, 0.15) is 0 Å². The summed E-state index contributed by atoms with van der Waals surface area (Å²) >= 11 is 0. The normalized spacial score (nSPS) is 11.8. The lowest BCUT2D eigenvalue weighted by atomic mass is 10.1. The van der Waals surface area contributed by atoms with E-state index in [0.29, 0.717) is 11.2 Å². The Labute approximate surface area is 116 Å². The molecule has 0 radical (unpaired) electrons. The lowest BCUT2D eigenvalue weighted by Crippen LogP contribution is -2.19. The molecular formula is C12H8F3N5O. The monoisotopic (exact) mass is 295 g/mol. The molecule has 3 heterocycles. The number of halogens is 3. The number of aromatic nitrogens is 5. The number of rotatable bonds is 3. The Balaban J connectivity index is 1.80. The molecule has 0 unspecified atom stereocenters. The predicted octanol–water partition coefficient (Wildman–Crippen LogP) is 2.13. The van der Waals surface area contributed by atoms with Crippen molar-refractivity contribution in [2.45, 2.75) is 6.18 Å². The van der Waals surface area contributed by atoms with Crippen molar-refractivity contribution in [3.63, 3.8) is 0 Å². The second kappa shape index (κ2) is 5.00. The summed E-state index contributed by atoms with van der Waals surface area (Å²) in [6, 6.07) is 6.51. The average Bonchev–Trinajstić information content (AvgIpc) is 2.92. The summed E-state index contributed by atoms with van der Waals surface area (Å²) in [6.07, 6.45) is -1.26. The Morgan fingerprint density at radius 1 is 1.10 bits per heavy atom. The van der Waals surface area contributed by atoms with E-state index in [-0.39, 0.29) is 5.88 Å². The molecular weight excluding hydrogens is 287 g/mol. The highest BCUT2D eigenvalue weighted by Gasteiger charge is 2.28. The largest absolute Gasteiger partial charge is 0.468 e. The Morgan fingerprint density at radius 3 is 2.62 bits per heavy atom. The minimum Gasteiger partial charge on any atom is -0.468 e. The van der Waals surface area contributed by atoms with Crippen molar-refractivity contribution in [1.82, 2.24) is 25.0 Å². The van der Waals surface area contributed by atoms with Crippen molar-refractivity contribution in [2.24, 2.45) is 0 Å². The summed E-state index contributed by atoms with van der Waals surface area (Å²) < 4.78 is 42.1. The molecule has 9 heteroatoms. The van der Waals surface area contributed by atoms with Gasteiger partial charge in [-0.15, -0.1) is 5.10 Å². The lowest BCUT2D eigenvalue weighted by Gasteiger charge is -2.08.